The number of carbonyl (C=O) groups is 1. The van der Waals surface area contributed by atoms with Crippen molar-refractivity contribution in [1.82, 2.24) is 0 Å². The number of ether oxygens (including phenoxy) is 5. The SMILES string of the molecule is O=C1CC(c2ccc(OC3OC(CO)C(O)C(O)C3OC3OC[C@](O)(CO)C3O)cc2)Oc2cc(O)ccc21. The number of hydrogen-bond donors (Lipinski definition) is 7. The molecule has 0 spiro atoms. The van der Waals surface area contributed by atoms with Crippen molar-refractivity contribution < 1.29 is 64.2 Å². The van der Waals surface area contributed by atoms with Crippen molar-refractivity contribution in [3.05, 3.63) is 53.6 Å². The average Bonchev–Trinajstić information content (AvgIpc) is 3.21. The second kappa shape index (κ2) is 11.0. The Balaban J connectivity index is 1.31. The van der Waals surface area contributed by atoms with Gasteiger partial charge in [0.25, 0.3) is 0 Å². The molecule has 5 rings (SSSR count). The van der Waals surface area contributed by atoms with E-state index in [0.29, 0.717) is 11.1 Å². The number of hydrogen-bond acceptors (Lipinski definition) is 13. The van der Waals surface area contributed by atoms with Gasteiger partial charge < -0.3 is 59.4 Å². The van der Waals surface area contributed by atoms with Crippen LogP contribution in [0.25, 0.3) is 0 Å². The van der Waals surface area contributed by atoms with E-state index >= 15 is 0 Å². The Morgan fingerprint density at radius 3 is 2.41 bits per heavy atom. The van der Waals surface area contributed by atoms with Crippen LogP contribution in [0.1, 0.15) is 28.4 Å². The maximum absolute atomic E-state index is 12.5. The summed E-state index contributed by atoms with van der Waals surface area (Å²) in [6.45, 7) is -1.88. The number of benzene rings is 2. The van der Waals surface area contributed by atoms with Gasteiger partial charge in [-0.3, -0.25) is 4.79 Å². The van der Waals surface area contributed by atoms with Crippen molar-refractivity contribution in [1.29, 1.82) is 0 Å². The highest BCUT2D eigenvalue weighted by Crippen LogP contribution is 2.38. The van der Waals surface area contributed by atoms with Crippen LogP contribution in [0.5, 0.6) is 17.2 Å². The minimum Gasteiger partial charge on any atom is -0.508 e. The van der Waals surface area contributed by atoms with Crippen LogP contribution in [0.3, 0.4) is 0 Å². The number of rotatable bonds is 7. The highest BCUT2D eigenvalue weighted by molar-refractivity contribution is 6.00. The quantitative estimate of drug-likeness (QED) is 0.215. The molecule has 2 aromatic rings. The molecule has 0 aromatic heterocycles. The molecule has 13 heteroatoms. The maximum atomic E-state index is 12.5. The van der Waals surface area contributed by atoms with E-state index in [1.54, 1.807) is 24.3 Å². The Labute approximate surface area is 222 Å². The molecule has 3 aliphatic rings. The average molecular weight is 551 g/mol. The summed E-state index contributed by atoms with van der Waals surface area (Å²) in [6, 6.07) is 10.7. The maximum Gasteiger partial charge on any atom is 0.229 e. The van der Waals surface area contributed by atoms with Gasteiger partial charge in [0.05, 0.1) is 31.8 Å². The smallest absolute Gasteiger partial charge is 0.229 e. The molecule has 0 radical (unpaired) electrons. The Morgan fingerprint density at radius 1 is 1.00 bits per heavy atom. The van der Waals surface area contributed by atoms with Gasteiger partial charge in [-0.1, -0.05) is 12.1 Å². The molecule has 2 aromatic carbocycles. The second-order valence-electron chi connectivity index (χ2n) is 9.79. The van der Waals surface area contributed by atoms with E-state index in [1.807, 2.05) is 0 Å². The summed E-state index contributed by atoms with van der Waals surface area (Å²) < 4.78 is 28.3. The van der Waals surface area contributed by atoms with Crippen molar-refractivity contribution in [3.63, 3.8) is 0 Å². The lowest BCUT2D eigenvalue weighted by Crippen LogP contribution is -2.62. The second-order valence-corrected chi connectivity index (χ2v) is 9.79. The minimum absolute atomic E-state index is 0.0275. The number of aliphatic hydroxyl groups excluding tert-OH is 5. The molecule has 212 valence electrons. The molecule has 9 atom stereocenters. The van der Waals surface area contributed by atoms with Gasteiger partial charge in [-0.25, -0.2) is 0 Å². The first kappa shape index (κ1) is 27.7. The Hall–Kier alpha value is -2.85. The van der Waals surface area contributed by atoms with Gasteiger partial charge in [-0.05, 0) is 29.8 Å². The summed E-state index contributed by atoms with van der Waals surface area (Å²) in [5.41, 5.74) is -0.945. The normalized spacial score (nSPS) is 36.3. The number of aliphatic hydroxyl groups is 6. The molecular formula is C26H30O13. The molecule has 8 unspecified atom stereocenters. The van der Waals surface area contributed by atoms with Crippen LogP contribution < -0.4 is 9.47 Å². The molecule has 13 nitrogen and oxygen atoms in total. The first-order chi connectivity index (χ1) is 18.6. The number of ketones is 1. The number of aromatic hydroxyl groups is 1. The minimum atomic E-state index is -1.98. The zero-order valence-corrected chi connectivity index (χ0v) is 20.6. The third kappa shape index (κ3) is 5.33. The molecule has 0 saturated carbocycles. The van der Waals surface area contributed by atoms with Gasteiger partial charge in [0.15, 0.2) is 18.2 Å². The third-order valence-electron chi connectivity index (χ3n) is 7.11. The van der Waals surface area contributed by atoms with Crippen molar-refractivity contribution in [2.45, 2.75) is 61.2 Å². The topological polar surface area (TPSA) is 205 Å². The lowest BCUT2D eigenvalue weighted by molar-refractivity contribution is -0.318. The number of fused-ring (bicyclic) bond motifs is 1. The van der Waals surface area contributed by atoms with Gasteiger partial charge >= 0.3 is 0 Å². The predicted molar refractivity (Wildman–Crippen MR) is 128 cm³/mol. The summed E-state index contributed by atoms with van der Waals surface area (Å²) in [6.07, 6.45) is -10.9. The van der Waals surface area contributed by atoms with E-state index in [9.17, 15) is 40.5 Å². The Kier molecular flexibility index (Phi) is 7.79. The van der Waals surface area contributed by atoms with E-state index < -0.39 is 74.6 Å². The highest BCUT2D eigenvalue weighted by Gasteiger charge is 2.53. The Morgan fingerprint density at radius 2 is 1.74 bits per heavy atom. The number of phenolic OH excluding ortho intramolecular Hbond substituents is 1. The summed E-state index contributed by atoms with van der Waals surface area (Å²) in [5.74, 6) is 0.348. The molecule has 0 bridgehead atoms. The fourth-order valence-corrected chi connectivity index (χ4v) is 4.75. The Bertz CT molecular complexity index is 1170. The van der Waals surface area contributed by atoms with E-state index in [2.05, 4.69) is 0 Å². The van der Waals surface area contributed by atoms with Crippen LogP contribution in [0.2, 0.25) is 0 Å². The lowest BCUT2D eigenvalue weighted by Gasteiger charge is -2.42. The molecule has 3 aliphatic heterocycles. The largest absolute Gasteiger partial charge is 0.508 e. The molecule has 3 heterocycles. The van der Waals surface area contributed by atoms with Crippen molar-refractivity contribution in [2.75, 3.05) is 19.8 Å². The van der Waals surface area contributed by atoms with E-state index in [4.69, 9.17) is 23.7 Å². The third-order valence-corrected chi connectivity index (χ3v) is 7.11. The summed E-state index contributed by atoms with van der Waals surface area (Å²) >= 11 is 0. The van der Waals surface area contributed by atoms with Crippen LogP contribution in [-0.2, 0) is 14.2 Å². The van der Waals surface area contributed by atoms with Gasteiger partial charge in [-0.15, -0.1) is 0 Å². The number of phenols is 1. The zero-order valence-electron chi connectivity index (χ0n) is 20.6. The van der Waals surface area contributed by atoms with Gasteiger partial charge in [0.1, 0.15) is 53.4 Å². The van der Waals surface area contributed by atoms with Crippen molar-refractivity contribution in [2.24, 2.45) is 0 Å². The molecule has 0 amide bonds. The lowest BCUT2D eigenvalue weighted by atomic mass is 9.96. The van der Waals surface area contributed by atoms with Crippen molar-refractivity contribution in [3.8, 4) is 17.2 Å². The summed E-state index contributed by atoms with van der Waals surface area (Å²) in [7, 11) is 0. The first-order valence-electron chi connectivity index (χ1n) is 12.3. The van der Waals surface area contributed by atoms with Crippen LogP contribution >= 0.6 is 0 Å². The number of Topliss-reactive ketones (excluding diaryl/α,β-unsaturated/α-hetero) is 1. The predicted octanol–water partition coefficient (Wildman–Crippen LogP) is -1.26. The van der Waals surface area contributed by atoms with Crippen LogP contribution in [0.4, 0.5) is 0 Å². The zero-order chi connectivity index (χ0) is 27.9. The molecule has 39 heavy (non-hydrogen) atoms. The summed E-state index contributed by atoms with van der Waals surface area (Å²) in [4.78, 5) is 12.5. The summed E-state index contributed by atoms with van der Waals surface area (Å²) in [5, 5.41) is 70.3. The molecule has 2 fully saturated rings. The van der Waals surface area contributed by atoms with Crippen LogP contribution in [0, 0.1) is 0 Å². The standard InChI is InChI=1S/C26H30O13/c27-9-19-20(31)21(32)22(39-25-23(33)26(34,10-28)11-35-25)24(38-19)36-14-4-1-12(2-5-14)17-8-16(30)15-6-3-13(29)7-18(15)37-17/h1-7,17,19-25,27-29,31-34H,8-11H2/t17?,19?,20?,21?,22?,23?,24?,25?,26-/m1/s1. The van der Waals surface area contributed by atoms with Crippen LogP contribution in [-0.4, -0.2) is 110 Å². The van der Waals surface area contributed by atoms with Crippen molar-refractivity contribution >= 4 is 5.78 Å². The van der Waals surface area contributed by atoms with Gasteiger partial charge in [0.2, 0.25) is 6.29 Å². The first-order valence-corrected chi connectivity index (χ1v) is 12.3. The number of carbonyl (C=O) groups excluding carboxylic acids is 1. The van der Waals surface area contributed by atoms with E-state index in [-0.39, 0.29) is 29.5 Å². The molecule has 7 N–H and O–H groups in total. The fourth-order valence-electron chi connectivity index (χ4n) is 4.75. The fraction of sp³-hybridized carbons (Fsp3) is 0.500. The van der Waals surface area contributed by atoms with Gasteiger partial charge in [0, 0.05) is 6.07 Å². The molecule has 0 aliphatic carbocycles. The molecular weight excluding hydrogens is 520 g/mol. The van der Waals surface area contributed by atoms with Gasteiger partial charge in [-0.2, -0.15) is 0 Å². The monoisotopic (exact) mass is 550 g/mol. The van der Waals surface area contributed by atoms with E-state index in [1.165, 1.54) is 18.2 Å². The molecule has 2 saturated heterocycles. The van der Waals surface area contributed by atoms with E-state index in [0.717, 1.165) is 0 Å². The highest BCUT2D eigenvalue weighted by atomic mass is 16.8. The van der Waals surface area contributed by atoms with Crippen LogP contribution in [0.15, 0.2) is 42.5 Å².